The van der Waals surface area contributed by atoms with Crippen molar-refractivity contribution in [3.63, 3.8) is 0 Å². The summed E-state index contributed by atoms with van der Waals surface area (Å²) < 4.78 is 77.4. The molecule has 0 N–H and O–H groups in total. The molecule has 0 aliphatic heterocycles. The molecule has 2 aromatic carbocycles. The van der Waals surface area contributed by atoms with E-state index in [1.54, 1.807) is 13.8 Å². The van der Waals surface area contributed by atoms with Crippen LogP contribution in [-0.2, 0) is 12.4 Å². The summed E-state index contributed by atoms with van der Waals surface area (Å²) in [7, 11) is 0. The van der Waals surface area contributed by atoms with Crippen LogP contribution in [0.1, 0.15) is 36.5 Å². The molecular weight excluding hydrogens is 318 g/mol. The molecule has 124 valence electrons. The topological polar surface area (TPSA) is 0 Å². The van der Waals surface area contributed by atoms with Crippen LogP contribution in [0.15, 0.2) is 42.5 Å². The van der Waals surface area contributed by atoms with Gasteiger partial charge in [0.05, 0.1) is 11.1 Å². The Hall–Kier alpha value is -1.98. The third kappa shape index (κ3) is 4.06. The first kappa shape index (κ1) is 17.4. The largest absolute Gasteiger partial charge is 0.416 e. The predicted molar refractivity (Wildman–Crippen MR) is 76.0 cm³/mol. The lowest BCUT2D eigenvalue weighted by molar-refractivity contribution is -0.138. The number of hydrogen-bond donors (Lipinski definition) is 0. The third-order valence-corrected chi connectivity index (χ3v) is 3.47. The fourth-order valence-corrected chi connectivity index (χ4v) is 2.19. The molecule has 0 atom stereocenters. The zero-order valence-corrected chi connectivity index (χ0v) is 12.4. The van der Waals surface area contributed by atoms with Gasteiger partial charge >= 0.3 is 12.4 Å². The number of rotatable bonds is 2. The summed E-state index contributed by atoms with van der Waals surface area (Å²) in [5.41, 5.74) is -1.11. The lowest BCUT2D eigenvalue weighted by Gasteiger charge is -2.15. The second-order valence-corrected chi connectivity index (χ2v) is 5.57. The Balaban J connectivity index is 2.61. The highest BCUT2D eigenvalue weighted by Gasteiger charge is 2.32. The van der Waals surface area contributed by atoms with Crippen molar-refractivity contribution in [1.29, 1.82) is 0 Å². The normalized spacial score (nSPS) is 12.7. The number of benzene rings is 2. The first-order valence-electron chi connectivity index (χ1n) is 6.88. The summed E-state index contributed by atoms with van der Waals surface area (Å²) in [6.45, 7) is 3.46. The number of halogens is 6. The van der Waals surface area contributed by atoms with E-state index in [4.69, 9.17) is 0 Å². The molecule has 2 rings (SSSR count). The van der Waals surface area contributed by atoms with Gasteiger partial charge in [0.1, 0.15) is 0 Å². The SMILES string of the molecule is CC(C)c1cc(-c2cccc(C(F)(F)F)c2)cc(C(F)(F)F)c1. The summed E-state index contributed by atoms with van der Waals surface area (Å²) in [5.74, 6) is -0.179. The summed E-state index contributed by atoms with van der Waals surface area (Å²) in [6.07, 6.45) is -9.10. The van der Waals surface area contributed by atoms with Crippen molar-refractivity contribution >= 4 is 0 Å². The molecule has 0 aliphatic rings. The smallest absolute Gasteiger partial charge is 0.166 e. The van der Waals surface area contributed by atoms with E-state index >= 15 is 0 Å². The number of hydrogen-bond acceptors (Lipinski definition) is 0. The van der Waals surface area contributed by atoms with Crippen LogP contribution in [-0.4, -0.2) is 0 Å². The molecule has 0 fully saturated rings. The summed E-state index contributed by atoms with van der Waals surface area (Å²) in [4.78, 5) is 0. The van der Waals surface area contributed by atoms with Crippen molar-refractivity contribution in [3.05, 3.63) is 59.2 Å². The highest BCUT2D eigenvalue weighted by molar-refractivity contribution is 5.66. The van der Waals surface area contributed by atoms with Crippen LogP contribution in [0.4, 0.5) is 26.3 Å². The maximum absolute atomic E-state index is 13.0. The summed E-state index contributed by atoms with van der Waals surface area (Å²) in [6, 6.07) is 7.71. The van der Waals surface area contributed by atoms with Crippen LogP contribution in [0, 0.1) is 0 Å². The Morgan fingerprint density at radius 3 is 1.78 bits per heavy atom. The van der Waals surface area contributed by atoms with Gasteiger partial charge in [0.25, 0.3) is 0 Å². The van der Waals surface area contributed by atoms with Crippen molar-refractivity contribution in [2.45, 2.75) is 32.1 Å². The lowest BCUT2D eigenvalue weighted by atomic mass is 9.93. The zero-order chi connectivity index (χ0) is 17.4. The van der Waals surface area contributed by atoms with Crippen LogP contribution in [0.25, 0.3) is 11.1 Å². The molecular formula is C17H14F6. The molecule has 0 aromatic heterocycles. The Labute approximate surface area is 129 Å². The highest BCUT2D eigenvalue weighted by Crippen LogP contribution is 2.37. The summed E-state index contributed by atoms with van der Waals surface area (Å²) in [5, 5.41) is 0. The average Bonchev–Trinajstić information content (AvgIpc) is 2.45. The van der Waals surface area contributed by atoms with Gasteiger partial charge in [-0.15, -0.1) is 0 Å². The molecule has 0 saturated heterocycles. The third-order valence-electron chi connectivity index (χ3n) is 3.47. The molecule has 0 bridgehead atoms. The molecule has 0 nitrogen and oxygen atoms in total. The van der Waals surface area contributed by atoms with E-state index in [1.165, 1.54) is 18.2 Å². The van der Waals surface area contributed by atoms with Crippen LogP contribution in [0.2, 0.25) is 0 Å². The standard InChI is InChI=1S/C17H14F6/c1-10(2)12-6-13(9-15(8-12)17(21,22)23)11-4-3-5-14(7-11)16(18,19)20/h3-10H,1-2H3. The van der Waals surface area contributed by atoms with Gasteiger partial charge in [-0.25, -0.2) is 0 Å². The molecule has 2 aromatic rings. The monoisotopic (exact) mass is 332 g/mol. The lowest BCUT2D eigenvalue weighted by Crippen LogP contribution is -2.07. The fourth-order valence-electron chi connectivity index (χ4n) is 2.19. The molecule has 0 heterocycles. The molecule has 0 spiro atoms. The van der Waals surface area contributed by atoms with Gasteiger partial charge in [0, 0.05) is 0 Å². The van der Waals surface area contributed by atoms with Crippen molar-refractivity contribution in [1.82, 2.24) is 0 Å². The van der Waals surface area contributed by atoms with Gasteiger partial charge in [-0.1, -0.05) is 32.0 Å². The molecule has 0 radical (unpaired) electrons. The maximum atomic E-state index is 13.0. The van der Waals surface area contributed by atoms with Crippen molar-refractivity contribution < 1.29 is 26.3 Å². The Kier molecular flexibility index (Phi) is 4.46. The first-order valence-corrected chi connectivity index (χ1v) is 6.88. The van der Waals surface area contributed by atoms with E-state index in [9.17, 15) is 26.3 Å². The van der Waals surface area contributed by atoms with Crippen LogP contribution >= 0.6 is 0 Å². The van der Waals surface area contributed by atoms with E-state index in [2.05, 4.69) is 0 Å². The first-order chi connectivity index (χ1) is 10.5. The Morgan fingerprint density at radius 2 is 1.26 bits per heavy atom. The maximum Gasteiger partial charge on any atom is 0.416 e. The fraction of sp³-hybridized carbons (Fsp3) is 0.294. The van der Waals surface area contributed by atoms with Gasteiger partial charge in [-0.3, -0.25) is 0 Å². The second-order valence-electron chi connectivity index (χ2n) is 5.57. The van der Waals surface area contributed by atoms with Crippen LogP contribution in [0.5, 0.6) is 0 Å². The summed E-state index contributed by atoms with van der Waals surface area (Å²) >= 11 is 0. The minimum absolute atomic E-state index is 0.104. The van der Waals surface area contributed by atoms with Gasteiger partial charge in [-0.2, -0.15) is 26.3 Å². The molecule has 23 heavy (non-hydrogen) atoms. The Morgan fingerprint density at radius 1 is 0.696 bits per heavy atom. The van der Waals surface area contributed by atoms with E-state index < -0.39 is 23.5 Å². The van der Waals surface area contributed by atoms with Gasteiger partial charge in [-0.05, 0) is 46.9 Å². The molecule has 0 unspecified atom stereocenters. The molecule has 0 amide bonds. The predicted octanol–water partition coefficient (Wildman–Crippen LogP) is 6.51. The molecule has 0 saturated carbocycles. The minimum atomic E-state index is -4.55. The van der Waals surface area contributed by atoms with Gasteiger partial charge in [0.15, 0.2) is 0 Å². The molecule has 6 heteroatoms. The minimum Gasteiger partial charge on any atom is -0.166 e. The average molecular weight is 332 g/mol. The van der Waals surface area contributed by atoms with Gasteiger partial charge < -0.3 is 0 Å². The van der Waals surface area contributed by atoms with Gasteiger partial charge in [0.2, 0.25) is 0 Å². The molecule has 0 aliphatic carbocycles. The number of alkyl halides is 6. The quantitative estimate of drug-likeness (QED) is 0.550. The van der Waals surface area contributed by atoms with E-state index in [0.717, 1.165) is 24.3 Å². The van der Waals surface area contributed by atoms with E-state index in [0.29, 0.717) is 5.56 Å². The van der Waals surface area contributed by atoms with Crippen LogP contribution < -0.4 is 0 Å². The zero-order valence-electron chi connectivity index (χ0n) is 12.4. The van der Waals surface area contributed by atoms with Crippen LogP contribution in [0.3, 0.4) is 0 Å². The van der Waals surface area contributed by atoms with E-state index in [1.807, 2.05) is 0 Å². The van der Waals surface area contributed by atoms with Crippen molar-refractivity contribution in [2.75, 3.05) is 0 Å². The van der Waals surface area contributed by atoms with Crippen molar-refractivity contribution in [3.8, 4) is 11.1 Å². The van der Waals surface area contributed by atoms with Crippen molar-refractivity contribution in [2.24, 2.45) is 0 Å². The van der Waals surface area contributed by atoms with E-state index in [-0.39, 0.29) is 17.0 Å². The highest BCUT2D eigenvalue weighted by atomic mass is 19.4. The Bertz CT molecular complexity index is 695. The second kappa shape index (κ2) is 5.91.